The second kappa shape index (κ2) is 8.55. The molecule has 4 rings (SSSR count). The van der Waals surface area contributed by atoms with Crippen LogP contribution in [0.15, 0.2) is 42.5 Å². The number of amides is 2. The second-order valence-corrected chi connectivity index (χ2v) is 7.61. The van der Waals surface area contributed by atoms with Gasteiger partial charge in [-0.05, 0) is 55.9 Å². The van der Waals surface area contributed by atoms with Crippen molar-refractivity contribution in [3.8, 4) is 11.5 Å². The SMILES string of the molecule is CCc1ccccc1NC(=O)C1CCC(C(=O)Nc2ccc3c(c2)OCO3)CC1. The molecular formula is C23H26N2O4. The summed E-state index contributed by atoms with van der Waals surface area (Å²) in [5.74, 6) is 1.27. The Labute approximate surface area is 170 Å². The Kier molecular flexibility index (Phi) is 5.69. The van der Waals surface area contributed by atoms with Gasteiger partial charge in [-0.15, -0.1) is 0 Å². The molecule has 6 heteroatoms. The van der Waals surface area contributed by atoms with Crippen LogP contribution in [0.1, 0.15) is 38.2 Å². The molecule has 1 aliphatic carbocycles. The summed E-state index contributed by atoms with van der Waals surface area (Å²) in [6, 6.07) is 13.3. The zero-order chi connectivity index (χ0) is 20.2. The highest BCUT2D eigenvalue weighted by Crippen LogP contribution is 2.35. The van der Waals surface area contributed by atoms with Gasteiger partial charge in [-0.1, -0.05) is 25.1 Å². The van der Waals surface area contributed by atoms with Crippen molar-refractivity contribution >= 4 is 23.2 Å². The lowest BCUT2D eigenvalue weighted by Crippen LogP contribution is -2.32. The van der Waals surface area contributed by atoms with Gasteiger partial charge in [0.05, 0.1) is 0 Å². The zero-order valence-corrected chi connectivity index (χ0v) is 16.6. The standard InChI is InChI=1S/C23H26N2O4/c1-2-15-5-3-4-6-19(15)25-23(27)17-9-7-16(8-10-17)22(26)24-18-11-12-20-21(13-18)29-14-28-20/h3-6,11-13,16-17H,2,7-10,14H2,1H3,(H,24,26)(H,25,27). The van der Waals surface area contributed by atoms with Crippen LogP contribution in [-0.4, -0.2) is 18.6 Å². The normalized spacial score (nSPS) is 20.2. The van der Waals surface area contributed by atoms with Gasteiger partial charge in [0.25, 0.3) is 0 Å². The van der Waals surface area contributed by atoms with E-state index < -0.39 is 0 Å². The predicted molar refractivity (Wildman–Crippen MR) is 111 cm³/mol. The Balaban J connectivity index is 1.29. The Bertz CT molecular complexity index is 904. The number of aryl methyl sites for hydroxylation is 1. The molecule has 0 bridgehead atoms. The maximum Gasteiger partial charge on any atom is 0.231 e. The third-order valence-electron chi connectivity index (χ3n) is 5.77. The average molecular weight is 394 g/mol. The monoisotopic (exact) mass is 394 g/mol. The van der Waals surface area contributed by atoms with E-state index in [1.807, 2.05) is 30.3 Å². The molecule has 0 atom stereocenters. The summed E-state index contributed by atoms with van der Waals surface area (Å²) in [7, 11) is 0. The van der Waals surface area contributed by atoms with E-state index in [1.54, 1.807) is 12.1 Å². The Morgan fingerprint density at radius 3 is 2.28 bits per heavy atom. The molecule has 2 aromatic rings. The summed E-state index contributed by atoms with van der Waals surface area (Å²) >= 11 is 0. The minimum Gasteiger partial charge on any atom is -0.454 e. The fourth-order valence-electron chi connectivity index (χ4n) is 4.02. The van der Waals surface area contributed by atoms with Crippen LogP contribution < -0.4 is 20.1 Å². The lowest BCUT2D eigenvalue weighted by Gasteiger charge is -2.27. The molecule has 0 unspecified atom stereocenters. The first-order chi connectivity index (χ1) is 14.1. The molecule has 1 fully saturated rings. The summed E-state index contributed by atoms with van der Waals surface area (Å²) in [5, 5.41) is 6.04. The van der Waals surface area contributed by atoms with Crippen LogP contribution in [0.25, 0.3) is 0 Å². The first-order valence-corrected chi connectivity index (χ1v) is 10.2. The molecule has 2 aromatic carbocycles. The number of fused-ring (bicyclic) bond motifs is 1. The Morgan fingerprint density at radius 1 is 0.897 bits per heavy atom. The van der Waals surface area contributed by atoms with E-state index in [2.05, 4.69) is 17.6 Å². The molecule has 1 heterocycles. The van der Waals surface area contributed by atoms with Crippen LogP contribution in [0, 0.1) is 11.8 Å². The fraction of sp³-hybridized carbons (Fsp3) is 0.391. The number of ether oxygens (including phenoxy) is 2. The molecule has 6 nitrogen and oxygen atoms in total. The lowest BCUT2D eigenvalue weighted by molar-refractivity contribution is -0.125. The molecule has 0 spiro atoms. The van der Waals surface area contributed by atoms with Crippen molar-refractivity contribution < 1.29 is 19.1 Å². The number of para-hydroxylation sites is 1. The summed E-state index contributed by atoms with van der Waals surface area (Å²) in [5.41, 5.74) is 2.73. The molecule has 152 valence electrons. The minimum atomic E-state index is -0.0765. The lowest BCUT2D eigenvalue weighted by atomic mass is 9.81. The highest BCUT2D eigenvalue weighted by Gasteiger charge is 2.30. The highest BCUT2D eigenvalue weighted by molar-refractivity contribution is 5.95. The van der Waals surface area contributed by atoms with E-state index in [0.717, 1.165) is 30.5 Å². The molecule has 0 aromatic heterocycles. The molecule has 0 saturated heterocycles. The number of hydrogen-bond acceptors (Lipinski definition) is 4. The van der Waals surface area contributed by atoms with Gasteiger partial charge in [0.2, 0.25) is 18.6 Å². The third kappa shape index (κ3) is 4.36. The number of carbonyl (C=O) groups excluding carboxylic acids is 2. The Morgan fingerprint density at radius 2 is 1.55 bits per heavy atom. The number of nitrogens with one attached hydrogen (secondary N) is 2. The summed E-state index contributed by atoms with van der Waals surface area (Å²) in [4.78, 5) is 25.3. The number of rotatable bonds is 5. The van der Waals surface area contributed by atoms with Crippen molar-refractivity contribution in [2.24, 2.45) is 11.8 Å². The quantitative estimate of drug-likeness (QED) is 0.790. The van der Waals surface area contributed by atoms with Gasteiger partial charge in [-0.25, -0.2) is 0 Å². The number of benzene rings is 2. The van der Waals surface area contributed by atoms with E-state index in [0.29, 0.717) is 30.0 Å². The summed E-state index contributed by atoms with van der Waals surface area (Å²) in [6.45, 7) is 2.29. The maximum atomic E-state index is 12.7. The zero-order valence-electron chi connectivity index (χ0n) is 16.6. The van der Waals surface area contributed by atoms with Gasteiger partial charge in [-0.3, -0.25) is 9.59 Å². The number of anilines is 2. The number of hydrogen-bond donors (Lipinski definition) is 2. The smallest absolute Gasteiger partial charge is 0.231 e. The van der Waals surface area contributed by atoms with Crippen molar-refractivity contribution in [1.82, 2.24) is 0 Å². The molecule has 2 N–H and O–H groups in total. The fourth-order valence-corrected chi connectivity index (χ4v) is 4.02. The number of carbonyl (C=O) groups is 2. The average Bonchev–Trinajstić information content (AvgIpc) is 3.22. The van der Waals surface area contributed by atoms with E-state index in [4.69, 9.17) is 9.47 Å². The van der Waals surface area contributed by atoms with Crippen molar-refractivity contribution in [3.05, 3.63) is 48.0 Å². The van der Waals surface area contributed by atoms with Gasteiger partial charge < -0.3 is 20.1 Å². The minimum absolute atomic E-state index is 0.000878. The first-order valence-electron chi connectivity index (χ1n) is 10.2. The van der Waals surface area contributed by atoms with Gasteiger partial charge in [0.15, 0.2) is 11.5 Å². The van der Waals surface area contributed by atoms with Crippen LogP contribution in [0.5, 0.6) is 11.5 Å². The molecule has 0 radical (unpaired) electrons. The highest BCUT2D eigenvalue weighted by atomic mass is 16.7. The summed E-state index contributed by atoms with van der Waals surface area (Å²) in [6.07, 6.45) is 3.75. The third-order valence-corrected chi connectivity index (χ3v) is 5.77. The summed E-state index contributed by atoms with van der Waals surface area (Å²) < 4.78 is 10.6. The Hall–Kier alpha value is -3.02. The van der Waals surface area contributed by atoms with Crippen LogP contribution in [0.4, 0.5) is 11.4 Å². The van der Waals surface area contributed by atoms with Gasteiger partial charge in [-0.2, -0.15) is 0 Å². The van der Waals surface area contributed by atoms with E-state index >= 15 is 0 Å². The molecule has 2 aliphatic rings. The molecule has 1 saturated carbocycles. The van der Waals surface area contributed by atoms with Gasteiger partial charge in [0.1, 0.15) is 0 Å². The molecule has 1 aliphatic heterocycles. The maximum absolute atomic E-state index is 12.7. The topological polar surface area (TPSA) is 76.7 Å². The van der Waals surface area contributed by atoms with E-state index in [1.165, 1.54) is 0 Å². The largest absolute Gasteiger partial charge is 0.454 e. The van der Waals surface area contributed by atoms with Crippen LogP contribution in [0.3, 0.4) is 0 Å². The first kappa shape index (κ1) is 19.3. The van der Waals surface area contributed by atoms with Crippen LogP contribution in [-0.2, 0) is 16.0 Å². The predicted octanol–water partition coefficient (Wildman–Crippen LogP) is 4.36. The van der Waals surface area contributed by atoms with E-state index in [-0.39, 0.29) is 30.4 Å². The van der Waals surface area contributed by atoms with Gasteiger partial charge in [0, 0.05) is 29.3 Å². The van der Waals surface area contributed by atoms with Crippen molar-refractivity contribution in [3.63, 3.8) is 0 Å². The van der Waals surface area contributed by atoms with E-state index in [9.17, 15) is 9.59 Å². The second-order valence-electron chi connectivity index (χ2n) is 7.61. The van der Waals surface area contributed by atoms with Crippen molar-refractivity contribution in [2.45, 2.75) is 39.0 Å². The van der Waals surface area contributed by atoms with Gasteiger partial charge >= 0.3 is 0 Å². The van der Waals surface area contributed by atoms with Crippen LogP contribution in [0.2, 0.25) is 0 Å². The molecule has 2 amide bonds. The molecular weight excluding hydrogens is 368 g/mol. The van der Waals surface area contributed by atoms with Crippen LogP contribution >= 0.6 is 0 Å². The van der Waals surface area contributed by atoms with Crippen molar-refractivity contribution in [2.75, 3.05) is 17.4 Å². The van der Waals surface area contributed by atoms with Crippen molar-refractivity contribution in [1.29, 1.82) is 0 Å². The molecule has 29 heavy (non-hydrogen) atoms.